The number of fused-ring (bicyclic) bond motifs is 1. The number of nitrogens with zero attached hydrogens (tertiary/aromatic N) is 1. The van der Waals surface area contributed by atoms with Crippen LogP contribution in [-0.2, 0) is 10.2 Å². The molecule has 1 aliphatic rings. The molecule has 2 aromatic heterocycles. The molecule has 3 aromatic rings. The number of hydrogen-bond donors (Lipinski definition) is 3. The lowest BCUT2D eigenvalue weighted by molar-refractivity contribution is -0.145. The van der Waals surface area contributed by atoms with Crippen LogP contribution in [0.5, 0.6) is 0 Å². The lowest BCUT2D eigenvalue weighted by Gasteiger charge is -2.34. The molecule has 128 valence electrons. The maximum Gasteiger partial charge on any atom is 0.314 e. The van der Waals surface area contributed by atoms with E-state index in [0.717, 1.165) is 16.7 Å². The van der Waals surface area contributed by atoms with E-state index in [9.17, 15) is 14.3 Å². The van der Waals surface area contributed by atoms with Gasteiger partial charge < -0.3 is 15.4 Å². The Morgan fingerprint density at radius 1 is 1.16 bits per heavy atom. The first-order chi connectivity index (χ1) is 12.1. The smallest absolute Gasteiger partial charge is 0.314 e. The van der Waals surface area contributed by atoms with Gasteiger partial charge in [0, 0.05) is 12.4 Å². The van der Waals surface area contributed by atoms with Crippen molar-refractivity contribution in [2.75, 3.05) is 13.1 Å². The molecule has 0 amide bonds. The number of rotatable bonds is 3. The molecule has 1 aromatic carbocycles. The van der Waals surface area contributed by atoms with Crippen LogP contribution in [0.25, 0.3) is 22.2 Å². The van der Waals surface area contributed by atoms with Gasteiger partial charge in [0.15, 0.2) is 5.82 Å². The molecule has 1 fully saturated rings. The van der Waals surface area contributed by atoms with Crippen LogP contribution in [0.4, 0.5) is 4.39 Å². The summed E-state index contributed by atoms with van der Waals surface area (Å²) < 4.78 is 14.1. The van der Waals surface area contributed by atoms with Gasteiger partial charge in [-0.3, -0.25) is 4.79 Å². The average molecular weight is 339 g/mol. The predicted octanol–water partition coefficient (Wildman–Crippen LogP) is 3.07. The molecule has 0 bridgehead atoms. The Morgan fingerprint density at radius 3 is 2.56 bits per heavy atom. The number of carbonyl (C=O) groups is 1. The third-order valence-corrected chi connectivity index (χ3v) is 5.14. The summed E-state index contributed by atoms with van der Waals surface area (Å²) in [7, 11) is 0. The molecular weight excluding hydrogens is 321 g/mol. The minimum absolute atomic E-state index is 0.345. The van der Waals surface area contributed by atoms with Gasteiger partial charge in [0.2, 0.25) is 0 Å². The van der Waals surface area contributed by atoms with Crippen molar-refractivity contribution in [1.29, 1.82) is 0 Å². The molecule has 0 spiro atoms. The Labute approximate surface area is 143 Å². The predicted molar refractivity (Wildman–Crippen MR) is 92.9 cm³/mol. The van der Waals surface area contributed by atoms with Crippen molar-refractivity contribution < 1.29 is 14.3 Å². The van der Waals surface area contributed by atoms with Gasteiger partial charge in [-0.25, -0.2) is 9.37 Å². The van der Waals surface area contributed by atoms with Crippen molar-refractivity contribution in [3.63, 3.8) is 0 Å². The molecule has 0 aliphatic carbocycles. The molecule has 0 unspecified atom stereocenters. The van der Waals surface area contributed by atoms with Gasteiger partial charge in [-0.1, -0.05) is 24.3 Å². The Kier molecular flexibility index (Phi) is 3.77. The van der Waals surface area contributed by atoms with E-state index in [2.05, 4.69) is 15.3 Å². The van der Waals surface area contributed by atoms with E-state index in [-0.39, 0.29) is 5.82 Å². The maximum absolute atomic E-state index is 14.1. The summed E-state index contributed by atoms with van der Waals surface area (Å²) in [6, 6.07) is 9.20. The molecule has 1 aliphatic heterocycles. The summed E-state index contributed by atoms with van der Waals surface area (Å²) in [6.07, 6.45) is 4.05. The fourth-order valence-corrected chi connectivity index (χ4v) is 3.71. The monoisotopic (exact) mass is 339 g/mol. The highest BCUT2D eigenvalue weighted by molar-refractivity contribution is 5.93. The molecule has 6 heteroatoms. The van der Waals surface area contributed by atoms with Gasteiger partial charge in [0.1, 0.15) is 5.65 Å². The van der Waals surface area contributed by atoms with Crippen LogP contribution in [0, 0.1) is 5.82 Å². The Morgan fingerprint density at radius 2 is 1.88 bits per heavy atom. The number of aliphatic carboxylic acids is 1. The van der Waals surface area contributed by atoms with Crippen LogP contribution in [0.3, 0.4) is 0 Å². The van der Waals surface area contributed by atoms with E-state index in [4.69, 9.17) is 0 Å². The number of pyridine rings is 1. The van der Waals surface area contributed by atoms with Crippen LogP contribution in [-0.4, -0.2) is 34.1 Å². The summed E-state index contributed by atoms with van der Waals surface area (Å²) in [5, 5.41) is 13.4. The zero-order valence-corrected chi connectivity index (χ0v) is 13.6. The van der Waals surface area contributed by atoms with Gasteiger partial charge in [0.05, 0.1) is 10.8 Å². The molecule has 0 atom stereocenters. The highest BCUT2D eigenvalue weighted by Crippen LogP contribution is 2.36. The zero-order chi connectivity index (χ0) is 17.4. The fourth-order valence-electron chi connectivity index (χ4n) is 3.71. The average Bonchev–Trinajstić information content (AvgIpc) is 3.04. The fraction of sp³-hybridized carbons (Fsp3) is 0.263. The van der Waals surface area contributed by atoms with Gasteiger partial charge in [-0.15, -0.1) is 0 Å². The van der Waals surface area contributed by atoms with E-state index >= 15 is 0 Å². The highest BCUT2D eigenvalue weighted by atomic mass is 19.1. The van der Waals surface area contributed by atoms with E-state index < -0.39 is 11.4 Å². The maximum atomic E-state index is 14.1. The number of halogens is 1. The number of carboxylic acids is 1. The van der Waals surface area contributed by atoms with Crippen molar-refractivity contribution >= 4 is 17.0 Å². The van der Waals surface area contributed by atoms with Crippen LogP contribution < -0.4 is 5.32 Å². The van der Waals surface area contributed by atoms with Crippen molar-refractivity contribution in [3.8, 4) is 11.1 Å². The molecule has 0 saturated carbocycles. The summed E-state index contributed by atoms with van der Waals surface area (Å²) >= 11 is 0. The Hall–Kier alpha value is -2.73. The lowest BCUT2D eigenvalue weighted by Crippen LogP contribution is -2.45. The van der Waals surface area contributed by atoms with Gasteiger partial charge >= 0.3 is 5.97 Å². The summed E-state index contributed by atoms with van der Waals surface area (Å²) in [6.45, 7) is 1.38. The van der Waals surface area contributed by atoms with E-state index in [1.807, 2.05) is 24.3 Å². The van der Waals surface area contributed by atoms with Crippen LogP contribution >= 0.6 is 0 Å². The number of nitrogens with one attached hydrogen (secondary N) is 2. The van der Waals surface area contributed by atoms with Crippen LogP contribution in [0.15, 0.2) is 42.7 Å². The second-order valence-electron chi connectivity index (χ2n) is 6.43. The molecule has 0 radical (unpaired) electrons. The molecular formula is C19H18FN3O2. The van der Waals surface area contributed by atoms with Crippen molar-refractivity contribution in [3.05, 3.63) is 54.1 Å². The number of carboxylic acid groups (broad SMARTS) is 1. The summed E-state index contributed by atoms with van der Waals surface area (Å²) in [5.74, 6) is -1.13. The first-order valence-electron chi connectivity index (χ1n) is 8.28. The van der Waals surface area contributed by atoms with Crippen molar-refractivity contribution in [2.24, 2.45) is 0 Å². The summed E-state index contributed by atoms with van der Waals surface area (Å²) in [4.78, 5) is 18.9. The van der Waals surface area contributed by atoms with Gasteiger partial charge in [-0.05, 0) is 48.7 Å². The largest absolute Gasteiger partial charge is 0.481 e. The first-order valence-corrected chi connectivity index (χ1v) is 8.28. The number of aromatic nitrogens is 2. The number of aromatic amines is 1. The van der Waals surface area contributed by atoms with Gasteiger partial charge in [-0.2, -0.15) is 0 Å². The molecule has 25 heavy (non-hydrogen) atoms. The zero-order valence-electron chi connectivity index (χ0n) is 13.6. The number of piperidine rings is 1. The highest BCUT2D eigenvalue weighted by Gasteiger charge is 2.41. The molecule has 1 saturated heterocycles. The van der Waals surface area contributed by atoms with Gasteiger partial charge in [0.25, 0.3) is 0 Å². The second kappa shape index (κ2) is 5.97. The number of hydrogen-bond acceptors (Lipinski definition) is 3. The first kappa shape index (κ1) is 15.8. The van der Waals surface area contributed by atoms with Crippen LogP contribution in [0.2, 0.25) is 0 Å². The molecule has 5 nitrogen and oxygen atoms in total. The Balaban J connectivity index is 1.77. The third kappa shape index (κ3) is 2.49. The summed E-state index contributed by atoms with van der Waals surface area (Å²) in [5.41, 5.74) is 2.02. The molecule has 3 N–H and O–H groups in total. The van der Waals surface area contributed by atoms with E-state index in [0.29, 0.717) is 37.0 Å². The Bertz CT molecular complexity index is 927. The SMILES string of the molecule is O=C(O)C1(c2ccc(-c3ccnc4[nH]cc(F)c34)cc2)CCNCC1. The lowest BCUT2D eigenvalue weighted by atomic mass is 9.73. The minimum atomic E-state index is -0.851. The van der Waals surface area contributed by atoms with Crippen LogP contribution in [0.1, 0.15) is 18.4 Å². The number of benzene rings is 1. The second-order valence-corrected chi connectivity index (χ2v) is 6.43. The standard InChI is InChI=1S/C19H18FN3O2/c20-15-11-23-17-16(15)14(5-8-22-17)12-1-3-13(4-2-12)19(18(24)25)6-9-21-10-7-19/h1-5,8,11,21H,6-7,9-10H2,(H,22,23)(H,24,25). The third-order valence-electron chi connectivity index (χ3n) is 5.14. The quantitative estimate of drug-likeness (QED) is 0.685. The van der Waals surface area contributed by atoms with E-state index in [1.165, 1.54) is 6.20 Å². The molecule has 3 heterocycles. The van der Waals surface area contributed by atoms with E-state index in [1.54, 1.807) is 12.3 Å². The topological polar surface area (TPSA) is 78.0 Å². The van der Waals surface area contributed by atoms with Crippen molar-refractivity contribution in [2.45, 2.75) is 18.3 Å². The normalized spacial score (nSPS) is 16.8. The van der Waals surface area contributed by atoms with Crippen molar-refractivity contribution in [1.82, 2.24) is 15.3 Å². The number of H-pyrrole nitrogens is 1. The molecule has 4 rings (SSSR count). The minimum Gasteiger partial charge on any atom is -0.481 e.